The lowest BCUT2D eigenvalue weighted by Gasteiger charge is -2.25. The topological polar surface area (TPSA) is 88.2 Å². The third-order valence-electron chi connectivity index (χ3n) is 4.23. The first kappa shape index (κ1) is 19.6. The highest BCUT2D eigenvalue weighted by Gasteiger charge is 2.26. The summed E-state index contributed by atoms with van der Waals surface area (Å²) in [6.07, 6.45) is 3.16. The van der Waals surface area contributed by atoms with Gasteiger partial charge in [-0.15, -0.1) is 0 Å². The zero-order valence-electron chi connectivity index (χ0n) is 14.7. The third kappa shape index (κ3) is 4.31. The second-order valence-corrected chi connectivity index (χ2v) is 9.92. The summed E-state index contributed by atoms with van der Waals surface area (Å²) in [6, 6.07) is 11.2. The molecule has 10 heteroatoms. The van der Waals surface area contributed by atoms with Crippen molar-refractivity contribution in [3.8, 4) is 11.3 Å². The van der Waals surface area contributed by atoms with Gasteiger partial charge in [0.05, 0.1) is 25.1 Å². The Labute approximate surface area is 175 Å². The van der Waals surface area contributed by atoms with Crippen LogP contribution in [-0.2, 0) is 14.8 Å². The van der Waals surface area contributed by atoms with Crippen LogP contribution in [0.3, 0.4) is 0 Å². The number of imidazole rings is 1. The van der Waals surface area contributed by atoms with Gasteiger partial charge in [0, 0.05) is 23.8 Å². The zero-order valence-corrected chi connectivity index (χ0v) is 17.9. The number of hydrogen-bond donors (Lipinski definition) is 1. The van der Waals surface area contributed by atoms with Crippen LogP contribution in [0.5, 0.6) is 0 Å². The summed E-state index contributed by atoms with van der Waals surface area (Å²) in [5, 5.41) is 1.35. The molecule has 1 aliphatic rings. The van der Waals surface area contributed by atoms with E-state index in [2.05, 4.69) is 30.9 Å². The van der Waals surface area contributed by atoms with Crippen molar-refractivity contribution >= 4 is 37.7 Å². The average Bonchev–Trinajstić information content (AvgIpc) is 3.18. The number of ether oxygens (including phenoxy) is 1. The van der Waals surface area contributed by atoms with E-state index in [9.17, 15) is 8.42 Å². The van der Waals surface area contributed by atoms with Crippen molar-refractivity contribution in [2.24, 2.45) is 0 Å². The number of H-pyrrole nitrogens is 1. The molecule has 28 heavy (non-hydrogen) atoms. The monoisotopic (exact) mass is 480 g/mol. The fraction of sp³-hybridized carbons (Fsp3) is 0.222. The first-order chi connectivity index (χ1) is 13.5. The maximum Gasteiger partial charge on any atom is 0.244 e. The predicted octanol–water partition coefficient (Wildman–Crippen LogP) is 3.41. The Morgan fingerprint density at radius 2 is 1.79 bits per heavy atom. The van der Waals surface area contributed by atoms with Gasteiger partial charge in [-0.25, -0.2) is 18.4 Å². The molecule has 7 nitrogen and oxygen atoms in total. The molecule has 1 fully saturated rings. The first-order valence-electron chi connectivity index (χ1n) is 8.55. The van der Waals surface area contributed by atoms with E-state index in [1.165, 1.54) is 22.3 Å². The van der Waals surface area contributed by atoms with Gasteiger partial charge in [0.1, 0.15) is 9.92 Å². The molecule has 146 valence electrons. The lowest BCUT2D eigenvalue weighted by atomic mass is 10.2. The average molecular weight is 481 g/mol. The minimum atomic E-state index is -3.53. The molecule has 1 N–H and O–H groups in total. The summed E-state index contributed by atoms with van der Waals surface area (Å²) in [4.78, 5) is 12.1. The molecule has 4 rings (SSSR count). The van der Waals surface area contributed by atoms with Crippen LogP contribution in [0.15, 0.2) is 68.3 Å². The fourth-order valence-electron chi connectivity index (χ4n) is 2.75. The number of hydrogen-bond acceptors (Lipinski definition) is 6. The number of sulfonamides is 1. The van der Waals surface area contributed by atoms with Crippen LogP contribution in [0.1, 0.15) is 0 Å². The van der Waals surface area contributed by atoms with Crippen LogP contribution in [0.4, 0.5) is 0 Å². The Morgan fingerprint density at radius 3 is 2.46 bits per heavy atom. The van der Waals surface area contributed by atoms with Gasteiger partial charge in [0.15, 0.2) is 5.16 Å². The van der Waals surface area contributed by atoms with E-state index in [4.69, 9.17) is 4.74 Å². The Hall–Kier alpha value is -1.72. The van der Waals surface area contributed by atoms with Crippen molar-refractivity contribution < 1.29 is 13.2 Å². The third-order valence-corrected chi connectivity index (χ3v) is 7.49. The Bertz CT molecular complexity index is 1050. The Balaban J connectivity index is 1.47. The highest BCUT2D eigenvalue weighted by Crippen LogP contribution is 2.28. The van der Waals surface area contributed by atoms with Crippen LogP contribution in [0.2, 0.25) is 0 Å². The van der Waals surface area contributed by atoms with Crippen molar-refractivity contribution in [2.45, 2.75) is 15.1 Å². The second-order valence-electron chi connectivity index (χ2n) is 6.06. The molecule has 3 aromatic rings. The Kier molecular flexibility index (Phi) is 5.83. The van der Waals surface area contributed by atoms with E-state index in [1.807, 2.05) is 24.3 Å². The summed E-state index contributed by atoms with van der Waals surface area (Å²) in [5.41, 5.74) is 1.93. The van der Waals surface area contributed by atoms with Crippen molar-refractivity contribution in [2.75, 3.05) is 26.3 Å². The fourth-order valence-corrected chi connectivity index (χ4v) is 5.07. The minimum Gasteiger partial charge on any atom is -0.379 e. The van der Waals surface area contributed by atoms with Crippen LogP contribution in [0, 0.1) is 0 Å². The number of morpholine rings is 1. The number of rotatable bonds is 5. The zero-order chi connectivity index (χ0) is 19.6. The van der Waals surface area contributed by atoms with Crippen molar-refractivity contribution in [1.29, 1.82) is 0 Å². The van der Waals surface area contributed by atoms with E-state index >= 15 is 0 Å². The van der Waals surface area contributed by atoms with Crippen LogP contribution < -0.4 is 0 Å². The number of nitrogens with zero attached hydrogens (tertiary/aromatic N) is 3. The van der Waals surface area contributed by atoms with Gasteiger partial charge in [0.25, 0.3) is 0 Å². The maximum absolute atomic E-state index is 12.6. The lowest BCUT2D eigenvalue weighted by Crippen LogP contribution is -2.40. The van der Waals surface area contributed by atoms with Crippen molar-refractivity contribution in [1.82, 2.24) is 19.3 Å². The highest BCUT2D eigenvalue weighted by molar-refractivity contribution is 9.10. The van der Waals surface area contributed by atoms with Gasteiger partial charge in [-0.2, -0.15) is 4.31 Å². The van der Waals surface area contributed by atoms with Gasteiger partial charge in [0.2, 0.25) is 10.0 Å². The summed E-state index contributed by atoms with van der Waals surface area (Å²) >= 11 is 4.77. The van der Waals surface area contributed by atoms with Gasteiger partial charge in [-0.3, -0.25) is 0 Å². The molecule has 1 aromatic carbocycles. The van der Waals surface area contributed by atoms with Crippen LogP contribution in [0.25, 0.3) is 11.3 Å². The summed E-state index contributed by atoms with van der Waals surface area (Å²) < 4.78 is 32.9. The predicted molar refractivity (Wildman–Crippen MR) is 110 cm³/mol. The molecule has 1 aliphatic heterocycles. The number of benzene rings is 1. The van der Waals surface area contributed by atoms with E-state index in [0.29, 0.717) is 36.5 Å². The molecule has 0 amide bonds. The van der Waals surface area contributed by atoms with E-state index < -0.39 is 10.0 Å². The quantitative estimate of drug-likeness (QED) is 0.601. The van der Waals surface area contributed by atoms with Gasteiger partial charge >= 0.3 is 0 Å². The van der Waals surface area contributed by atoms with Crippen molar-refractivity contribution in [3.05, 3.63) is 53.3 Å². The lowest BCUT2D eigenvalue weighted by molar-refractivity contribution is 0.0730. The molecule has 0 bridgehead atoms. The molecule has 2 aromatic heterocycles. The van der Waals surface area contributed by atoms with E-state index in [1.54, 1.807) is 18.3 Å². The smallest absolute Gasteiger partial charge is 0.244 e. The normalized spacial score (nSPS) is 15.6. The summed E-state index contributed by atoms with van der Waals surface area (Å²) in [7, 11) is -3.53. The molecule has 0 saturated carbocycles. The number of pyridine rings is 1. The van der Waals surface area contributed by atoms with Crippen molar-refractivity contribution in [3.63, 3.8) is 0 Å². The standard InChI is InChI=1S/C18H17BrN4O3S2/c19-14-3-1-13(2-4-14)16-12-21-18(22-16)27-17-6-5-15(11-20-17)28(24,25)23-7-9-26-10-8-23/h1-6,11-12H,7-10H2,(H,21,22). The molecular weight excluding hydrogens is 464 g/mol. The molecule has 0 unspecified atom stereocenters. The van der Waals surface area contributed by atoms with Crippen LogP contribution >= 0.6 is 27.7 Å². The molecule has 0 radical (unpaired) electrons. The number of halogens is 1. The van der Waals surface area contributed by atoms with Gasteiger partial charge < -0.3 is 9.72 Å². The summed E-state index contributed by atoms with van der Waals surface area (Å²) in [6.45, 7) is 1.56. The van der Waals surface area contributed by atoms with Gasteiger partial charge in [-0.1, -0.05) is 28.1 Å². The van der Waals surface area contributed by atoms with Gasteiger partial charge in [-0.05, 0) is 41.6 Å². The highest BCUT2D eigenvalue weighted by atomic mass is 79.9. The molecular formula is C18H17BrN4O3S2. The maximum atomic E-state index is 12.6. The number of aromatic nitrogens is 3. The van der Waals surface area contributed by atoms with Crippen LogP contribution in [-0.4, -0.2) is 54.0 Å². The largest absolute Gasteiger partial charge is 0.379 e. The molecule has 0 spiro atoms. The molecule has 3 heterocycles. The Morgan fingerprint density at radius 1 is 1.04 bits per heavy atom. The first-order valence-corrected chi connectivity index (χ1v) is 11.6. The molecule has 0 atom stereocenters. The minimum absolute atomic E-state index is 0.189. The second kappa shape index (κ2) is 8.34. The van der Waals surface area contributed by atoms with E-state index in [0.717, 1.165) is 15.7 Å². The summed E-state index contributed by atoms with van der Waals surface area (Å²) in [5.74, 6) is 0. The number of nitrogens with one attached hydrogen (secondary N) is 1. The van der Waals surface area contributed by atoms with E-state index in [-0.39, 0.29) is 4.90 Å². The molecule has 0 aliphatic carbocycles. The molecule has 1 saturated heterocycles. The SMILES string of the molecule is O=S(=O)(c1ccc(Sc2ncc(-c3ccc(Br)cc3)[nH]2)nc1)N1CCOCC1. The number of aromatic amines is 1.